The molecule has 0 fully saturated rings. The van der Waals surface area contributed by atoms with Gasteiger partial charge in [-0.05, 0) is 71.8 Å². The van der Waals surface area contributed by atoms with Gasteiger partial charge in [0.05, 0.1) is 11.9 Å². The van der Waals surface area contributed by atoms with Gasteiger partial charge in [0.1, 0.15) is 18.1 Å². The molecular formula is C32H29ClIN3O2S. The molecule has 5 rings (SSSR count). The number of hydrogen-bond acceptors (Lipinski definition) is 5. The Hall–Kier alpha value is -3.01. The summed E-state index contributed by atoms with van der Waals surface area (Å²) in [6, 6.07) is 30.3. The normalized spacial score (nSPS) is 11.9. The van der Waals surface area contributed by atoms with Crippen LogP contribution in [0, 0.1) is 17.4 Å². The highest BCUT2D eigenvalue weighted by atomic mass is 127. The van der Waals surface area contributed by atoms with Crippen molar-refractivity contribution in [2.75, 3.05) is 12.4 Å². The Balaban J connectivity index is 1.31. The minimum atomic E-state index is -0.245. The summed E-state index contributed by atoms with van der Waals surface area (Å²) in [4.78, 5) is 0. The molecule has 0 aliphatic carbocycles. The van der Waals surface area contributed by atoms with Crippen LogP contribution >= 0.6 is 46.0 Å². The third kappa shape index (κ3) is 7.19. The van der Waals surface area contributed by atoms with Crippen molar-refractivity contribution in [3.63, 3.8) is 0 Å². The van der Waals surface area contributed by atoms with Crippen molar-refractivity contribution in [1.29, 1.82) is 0 Å². The lowest BCUT2D eigenvalue weighted by Crippen LogP contribution is -2.15. The van der Waals surface area contributed by atoms with Gasteiger partial charge in [-0.1, -0.05) is 89.6 Å². The molecule has 0 aliphatic rings. The van der Waals surface area contributed by atoms with E-state index in [0.717, 1.165) is 36.7 Å². The lowest BCUT2D eigenvalue weighted by Gasteiger charge is -2.15. The second kappa shape index (κ2) is 13.1. The Kier molecular flexibility index (Phi) is 9.34. The van der Waals surface area contributed by atoms with E-state index in [9.17, 15) is 5.11 Å². The van der Waals surface area contributed by atoms with Crippen molar-refractivity contribution < 1.29 is 9.84 Å². The van der Waals surface area contributed by atoms with E-state index in [-0.39, 0.29) is 11.1 Å². The lowest BCUT2D eigenvalue weighted by atomic mass is 10.0. The molecule has 0 spiro atoms. The van der Waals surface area contributed by atoms with Crippen molar-refractivity contribution in [3.05, 3.63) is 111 Å². The fourth-order valence-corrected chi connectivity index (χ4v) is 6.03. The molecule has 5 aromatic rings. The third-order valence-electron chi connectivity index (χ3n) is 6.38. The first-order valence-electron chi connectivity index (χ1n) is 12.9. The Morgan fingerprint density at radius 3 is 2.33 bits per heavy atom. The lowest BCUT2D eigenvalue weighted by molar-refractivity contribution is 0.323. The molecule has 1 atom stereocenters. The minimum Gasteiger partial charge on any atom is -0.508 e. The molecule has 1 unspecified atom stereocenters. The molecule has 0 saturated heterocycles. The SMILES string of the molecule is Cc1ccc(Cn2c(SCC(Cl)COc3ccccc3-c3ccc(C)cc3)nnc2-c2cc(O)cc(I)c2)cc1. The molecule has 0 aliphatic heterocycles. The molecule has 204 valence electrons. The maximum Gasteiger partial charge on any atom is 0.191 e. The molecule has 0 radical (unpaired) electrons. The van der Waals surface area contributed by atoms with E-state index in [0.29, 0.717) is 24.7 Å². The van der Waals surface area contributed by atoms with Gasteiger partial charge in [0, 0.05) is 20.4 Å². The number of aromatic hydroxyl groups is 1. The van der Waals surface area contributed by atoms with Crippen LogP contribution < -0.4 is 4.74 Å². The van der Waals surface area contributed by atoms with E-state index in [2.05, 4.69) is 106 Å². The summed E-state index contributed by atoms with van der Waals surface area (Å²) in [5.41, 5.74) is 6.54. The van der Waals surface area contributed by atoms with Gasteiger partial charge in [-0.3, -0.25) is 4.57 Å². The predicted molar refractivity (Wildman–Crippen MR) is 173 cm³/mol. The van der Waals surface area contributed by atoms with E-state index in [1.807, 2.05) is 24.3 Å². The molecule has 0 amide bonds. The molecule has 1 heterocycles. The topological polar surface area (TPSA) is 60.2 Å². The van der Waals surface area contributed by atoms with Crippen molar-refractivity contribution >= 4 is 46.0 Å². The van der Waals surface area contributed by atoms with Crippen molar-refractivity contribution in [1.82, 2.24) is 14.8 Å². The highest BCUT2D eigenvalue weighted by molar-refractivity contribution is 14.1. The van der Waals surface area contributed by atoms with Gasteiger partial charge < -0.3 is 9.84 Å². The third-order valence-corrected chi connectivity index (χ3v) is 8.60. The Labute approximate surface area is 257 Å². The van der Waals surface area contributed by atoms with Crippen LogP contribution in [0.1, 0.15) is 16.7 Å². The second-order valence-corrected chi connectivity index (χ2v) is 12.5. The van der Waals surface area contributed by atoms with Gasteiger partial charge in [0.25, 0.3) is 0 Å². The molecule has 0 bridgehead atoms. The molecule has 5 nitrogen and oxygen atoms in total. The number of benzene rings is 4. The zero-order chi connectivity index (χ0) is 28.1. The van der Waals surface area contributed by atoms with Gasteiger partial charge in [-0.15, -0.1) is 21.8 Å². The van der Waals surface area contributed by atoms with E-state index in [4.69, 9.17) is 16.3 Å². The van der Waals surface area contributed by atoms with E-state index >= 15 is 0 Å². The summed E-state index contributed by atoms with van der Waals surface area (Å²) < 4.78 is 9.20. The fraction of sp³-hybridized carbons (Fsp3) is 0.188. The van der Waals surface area contributed by atoms with Crippen molar-refractivity contribution in [3.8, 4) is 34.0 Å². The number of phenols is 1. The summed E-state index contributed by atoms with van der Waals surface area (Å²) in [6.45, 7) is 5.12. The second-order valence-electron chi connectivity index (χ2n) is 9.66. The first-order valence-corrected chi connectivity index (χ1v) is 15.4. The fourth-order valence-electron chi connectivity index (χ4n) is 4.29. The van der Waals surface area contributed by atoms with Gasteiger partial charge in [-0.2, -0.15) is 0 Å². The number of thioether (sulfide) groups is 1. The Bertz CT molecular complexity index is 1570. The van der Waals surface area contributed by atoms with Gasteiger partial charge in [-0.25, -0.2) is 0 Å². The van der Waals surface area contributed by atoms with Crippen LogP contribution in [0.15, 0.2) is 96.2 Å². The van der Waals surface area contributed by atoms with Crippen molar-refractivity contribution in [2.24, 2.45) is 0 Å². The molecule has 8 heteroatoms. The zero-order valence-corrected chi connectivity index (χ0v) is 26.0. The monoisotopic (exact) mass is 681 g/mol. The average molecular weight is 682 g/mol. The van der Waals surface area contributed by atoms with Crippen LogP contribution in [-0.4, -0.2) is 37.6 Å². The summed E-state index contributed by atoms with van der Waals surface area (Å²) in [5, 5.41) is 19.7. The summed E-state index contributed by atoms with van der Waals surface area (Å²) in [5.74, 6) is 2.30. The largest absolute Gasteiger partial charge is 0.508 e. The zero-order valence-electron chi connectivity index (χ0n) is 22.2. The number of aromatic nitrogens is 3. The maximum absolute atomic E-state index is 10.2. The summed E-state index contributed by atoms with van der Waals surface area (Å²) in [6.07, 6.45) is 0. The van der Waals surface area contributed by atoms with Gasteiger partial charge in [0.2, 0.25) is 0 Å². The number of phenolic OH excluding ortho intramolecular Hbond substituents is 1. The minimum absolute atomic E-state index is 0.199. The number of para-hydroxylation sites is 1. The quantitative estimate of drug-likeness (QED) is 0.0912. The van der Waals surface area contributed by atoms with Crippen LogP contribution in [0.4, 0.5) is 0 Å². The Morgan fingerprint density at radius 2 is 1.60 bits per heavy atom. The van der Waals surface area contributed by atoms with Crippen LogP contribution in [0.5, 0.6) is 11.5 Å². The van der Waals surface area contributed by atoms with E-state index in [1.165, 1.54) is 11.1 Å². The standard InChI is InChI=1S/C32H29ClIN3O2S/c1-21-7-11-23(12-8-21)18-37-31(25-15-27(34)17-28(38)16-25)35-36-32(37)40-20-26(33)19-39-30-6-4-3-5-29(30)24-13-9-22(2)10-14-24/h3-17,26,38H,18-20H2,1-2H3. The average Bonchev–Trinajstić information content (AvgIpc) is 3.34. The van der Waals surface area contributed by atoms with Gasteiger partial charge >= 0.3 is 0 Å². The van der Waals surface area contributed by atoms with Gasteiger partial charge in [0.15, 0.2) is 11.0 Å². The molecule has 4 aromatic carbocycles. The number of halogens is 2. The van der Waals surface area contributed by atoms with Crippen LogP contribution in [-0.2, 0) is 6.54 Å². The molecule has 1 aromatic heterocycles. The molecular weight excluding hydrogens is 653 g/mol. The number of alkyl halides is 1. The number of rotatable bonds is 10. The summed E-state index contributed by atoms with van der Waals surface area (Å²) in [7, 11) is 0. The number of aryl methyl sites for hydroxylation is 2. The van der Waals surface area contributed by atoms with Crippen LogP contribution in [0.25, 0.3) is 22.5 Å². The first kappa shape index (κ1) is 28.5. The predicted octanol–water partition coefficient (Wildman–Crippen LogP) is 8.37. The highest BCUT2D eigenvalue weighted by Gasteiger charge is 2.18. The van der Waals surface area contributed by atoms with Crippen LogP contribution in [0.3, 0.4) is 0 Å². The molecule has 0 saturated carbocycles. The number of nitrogens with zero attached hydrogens (tertiary/aromatic N) is 3. The maximum atomic E-state index is 10.2. The summed E-state index contributed by atoms with van der Waals surface area (Å²) >= 11 is 10.5. The smallest absolute Gasteiger partial charge is 0.191 e. The number of hydrogen-bond donors (Lipinski definition) is 1. The molecule has 40 heavy (non-hydrogen) atoms. The molecule has 1 N–H and O–H groups in total. The number of ether oxygens (including phenoxy) is 1. The van der Waals surface area contributed by atoms with E-state index < -0.39 is 0 Å². The Morgan fingerprint density at radius 1 is 0.900 bits per heavy atom. The highest BCUT2D eigenvalue weighted by Crippen LogP contribution is 2.32. The van der Waals surface area contributed by atoms with Crippen molar-refractivity contribution in [2.45, 2.75) is 30.9 Å². The van der Waals surface area contributed by atoms with E-state index in [1.54, 1.807) is 23.9 Å². The van der Waals surface area contributed by atoms with Crippen LogP contribution in [0.2, 0.25) is 0 Å². The first-order chi connectivity index (χ1) is 19.4.